The number of hydrogen-bond acceptors (Lipinski definition) is 4. The minimum atomic E-state index is -0.217. The second-order valence-electron chi connectivity index (χ2n) is 6.37. The number of likely N-dealkylation sites (N-methyl/N-ethyl adjacent to an activating group) is 1. The van der Waals surface area contributed by atoms with Crippen molar-refractivity contribution in [2.45, 2.75) is 19.9 Å². The molecule has 5 nitrogen and oxygen atoms in total. The Morgan fingerprint density at radius 2 is 1.46 bits per heavy atom. The number of nitrogens with one attached hydrogen (secondary N) is 1. The Kier molecular flexibility index (Phi) is 5.38. The first-order valence-electron chi connectivity index (χ1n) is 9.08. The Morgan fingerprint density at radius 3 is 1.92 bits per heavy atom. The highest BCUT2D eigenvalue weighted by Gasteiger charge is 2.36. The van der Waals surface area contributed by atoms with Crippen LogP contribution in [0.3, 0.4) is 0 Å². The van der Waals surface area contributed by atoms with Gasteiger partial charge in [0.05, 0.1) is 17.2 Å². The zero-order valence-corrected chi connectivity index (χ0v) is 15.5. The highest BCUT2D eigenvalue weighted by atomic mass is 16.2. The average Bonchev–Trinajstić information content (AvgIpc) is 2.92. The standard InChI is InChI=1S/C21H25N3O2/c1-4-23(5-2)16-12-10-15(11-13-16)19(22-3)14-24-20(25)17-8-6-7-9-18(17)21(24)26/h6-13,19,22H,4-5,14H2,1-3H3/t19-/m1/s1. The molecule has 0 bridgehead atoms. The molecule has 0 aromatic heterocycles. The Balaban J connectivity index is 1.78. The van der Waals surface area contributed by atoms with Crippen LogP contribution in [0.25, 0.3) is 0 Å². The molecule has 0 spiro atoms. The van der Waals surface area contributed by atoms with Crippen molar-refractivity contribution in [3.05, 3.63) is 65.2 Å². The molecule has 0 radical (unpaired) electrons. The van der Waals surface area contributed by atoms with Gasteiger partial charge in [-0.25, -0.2) is 0 Å². The molecule has 1 heterocycles. The number of carbonyl (C=O) groups excluding carboxylic acids is 2. The fourth-order valence-corrected chi connectivity index (χ4v) is 3.46. The van der Waals surface area contributed by atoms with E-state index in [4.69, 9.17) is 0 Å². The zero-order chi connectivity index (χ0) is 18.7. The SMILES string of the molecule is CCN(CC)c1ccc([C@@H](CN2C(=O)c3ccccc3C2=O)NC)cc1. The van der Waals surface area contributed by atoms with Crippen LogP contribution in [0.4, 0.5) is 5.69 Å². The summed E-state index contributed by atoms with van der Waals surface area (Å²) in [7, 11) is 1.85. The number of amides is 2. The van der Waals surface area contributed by atoms with Crippen molar-refractivity contribution >= 4 is 17.5 Å². The van der Waals surface area contributed by atoms with E-state index in [0.717, 1.165) is 18.7 Å². The predicted molar refractivity (Wildman–Crippen MR) is 104 cm³/mol. The second kappa shape index (κ2) is 7.70. The van der Waals surface area contributed by atoms with Crippen LogP contribution < -0.4 is 10.2 Å². The number of hydrogen-bond donors (Lipinski definition) is 1. The molecule has 26 heavy (non-hydrogen) atoms. The number of fused-ring (bicyclic) bond motifs is 1. The molecule has 0 fully saturated rings. The van der Waals surface area contributed by atoms with Crippen LogP contribution in [0, 0.1) is 0 Å². The monoisotopic (exact) mass is 351 g/mol. The summed E-state index contributed by atoms with van der Waals surface area (Å²) in [4.78, 5) is 28.8. The summed E-state index contributed by atoms with van der Waals surface area (Å²) in [5.41, 5.74) is 3.21. The fourth-order valence-electron chi connectivity index (χ4n) is 3.46. The van der Waals surface area contributed by atoms with Gasteiger partial charge in [0.15, 0.2) is 0 Å². The average molecular weight is 351 g/mol. The van der Waals surface area contributed by atoms with Crippen molar-refractivity contribution in [1.82, 2.24) is 10.2 Å². The van der Waals surface area contributed by atoms with Gasteiger partial charge in [0.25, 0.3) is 11.8 Å². The summed E-state index contributed by atoms with van der Waals surface area (Å²) in [6.45, 7) is 6.50. The first-order valence-corrected chi connectivity index (χ1v) is 9.08. The molecule has 136 valence electrons. The van der Waals surface area contributed by atoms with Crippen molar-refractivity contribution in [2.24, 2.45) is 0 Å². The quantitative estimate of drug-likeness (QED) is 0.779. The van der Waals surface area contributed by atoms with Crippen molar-refractivity contribution in [3.63, 3.8) is 0 Å². The molecule has 1 atom stereocenters. The van der Waals surface area contributed by atoms with E-state index in [1.165, 1.54) is 10.6 Å². The maximum Gasteiger partial charge on any atom is 0.261 e. The van der Waals surface area contributed by atoms with Crippen LogP contribution >= 0.6 is 0 Å². The third kappa shape index (κ3) is 3.22. The van der Waals surface area contributed by atoms with Crippen LogP contribution in [0.5, 0.6) is 0 Å². The number of anilines is 1. The van der Waals surface area contributed by atoms with Gasteiger partial charge >= 0.3 is 0 Å². The predicted octanol–water partition coefficient (Wildman–Crippen LogP) is 3.09. The van der Waals surface area contributed by atoms with E-state index in [1.54, 1.807) is 24.3 Å². The van der Waals surface area contributed by atoms with Gasteiger partial charge in [0.2, 0.25) is 0 Å². The van der Waals surface area contributed by atoms with Gasteiger partial charge in [0, 0.05) is 25.3 Å². The van der Waals surface area contributed by atoms with Gasteiger partial charge in [-0.15, -0.1) is 0 Å². The minimum Gasteiger partial charge on any atom is -0.372 e. The summed E-state index contributed by atoms with van der Waals surface area (Å²) in [6, 6.07) is 15.2. The van der Waals surface area contributed by atoms with E-state index in [0.29, 0.717) is 17.7 Å². The normalized spacial score (nSPS) is 14.5. The lowest BCUT2D eigenvalue weighted by Crippen LogP contribution is -2.37. The molecular weight excluding hydrogens is 326 g/mol. The molecule has 2 amide bonds. The highest BCUT2D eigenvalue weighted by Crippen LogP contribution is 2.26. The van der Waals surface area contributed by atoms with Gasteiger partial charge in [-0.3, -0.25) is 14.5 Å². The van der Waals surface area contributed by atoms with Crippen LogP contribution in [-0.4, -0.2) is 43.4 Å². The highest BCUT2D eigenvalue weighted by molar-refractivity contribution is 6.21. The van der Waals surface area contributed by atoms with Crippen molar-refractivity contribution in [1.29, 1.82) is 0 Å². The summed E-state index contributed by atoms with van der Waals surface area (Å²) < 4.78 is 0. The minimum absolute atomic E-state index is 0.108. The van der Waals surface area contributed by atoms with Gasteiger partial charge < -0.3 is 10.2 Å². The van der Waals surface area contributed by atoms with Crippen molar-refractivity contribution in [3.8, 4) is 0 Å². The van der Waals surface area contributed by atoms with Crippen molar-refractivity contribution in [2.75, 3.05) is 31.6 Å². The van der Waals surface area contributed by atoms with Crippen LogP contribution in [0.15, 0.2) is 48.5 Å². The Labute approximate surface area is 154 Å². The molecular formula is C21H25N3O2. The van der Waals surface area contributed by atoms with Crippen LogP contribution in [-0.2, 0) is 0 Å². The summed E-state index contributed by atoms with van der Waals surface area (Å²) in [5, 5.41) is 3.23. The Morgan fingerprint density at radius 1 is 0.923 bits per heavy atom. The molecule has 0 saturated carbocycles. The second-order valence-corrected chi connectivity index (χ2v) is 6.37. The largest absolute Gasteiger partial charge is 0.372 e. The molecule has 0 saturated heterocycles. The van der Waals surface area contributed by atoms with E-state index in [1.807, 2.05) is 7.05 Å². The van der Waals surface area contributed by atoms with Gasteiger partial charge in [-0.1, -0.05) is 24.3 Å². The van der Waals surface area contributed by atoms with Crippen LogP contribution in [0.1, 0.15) is 46.2 Å². The number of rotatable bonds is 7. The molecule has 3 rings (SSSR count). The van der Waals surface area contributed by atoms with E-state index in [-0.39, 0.29) is 17.9 Å². The Hall–Kier alpha value is -2.66. The molecule has 1 aliphatic heterocycles. The maximum atomic E-state index is 12.6. The van der Waals surface area contributed by atoms with Gasteiger partial charge in [-0.2, -0.15) is 0 Å². The molecule has 2 aromatic rings. The molecule has 5 heteroatoms. The molecule has 0 unspecified atom stereocenters. The number of carbonyl (C=O) groups is 2. The summed E-state index contributed by atoms with van der Waals surface area (Å²) in [5.74, 6) is -0.434. The summed E-state index contributed by atoms with van der Waals surface area (Å²) >= 11 is 0. The van der Waals surface area contributed by atoms with E-state index < -0.39 is 0 Å². The topological polar surface area (TPSA) is 52.7 Å². The van der Waals surface area contributed by atoms with E-state index in [2.05, 4.69) is 48.3 Å². The van der Waals surface area contributed by atoms with Crippen LogP contribution in [0.2, 0.25) is 0 Å². The third-order valence-corrected chi connectivity index (χ3v) is 5.02. The molecule has 0 aliphatic carbocycles. The van der Waals surface area contributed by atoms with Gasteiger partial charge in [0.1, 0.15) is 0 Å². The lowest BCUT2D eigenvalue weighted by Gasteiger charge is -2.24. The number of benzene rings is 2. The maximum absolute atomic E-state index is 12.6. The summed E-state index contributed by atoms with van der Waals surface area (Å²) in [6.07, 6.45) is 0. The molecule has 1 aliphatic rings. The third-order valence-electron chi connectivity index (χ3n) is 5.02. The fraction of sp³-hybridized carbons (Fsp3) is 0.333. The van der Waals surface area contributed by atoms with Crippen molar-refractivity contribution < 1.29 is 9.59 Å². The molecule has 1 N–H and O–H groups in total. The smallest absolute Gasteiger partial charge is 0.261 e. The number of imide groups is 1. The molecule has 2 aromatic carbocycles. The van der Waals surface area contributed by atoms with E-state index >= 15 is 0 Å². The zero-order valence-electron chi connectivity index (χ0n) is 15.5. The lowest BCUT2D eigenvalue weighted by atomic mass is 10.1. The number of nitrogens with zero attached hydrogens (tertiary/aromatic N) is 2. The lowest BCUT2D eigenvalue weighted by molar-refractivity contribution is 0.0639. The Bertz CT molecular complexity index is 762. The first-order chi connectivity index (χ1) is 12.6. The van der Waals surface area contributed by atoms with E-state index in [9.17, 15) is 9.59 Å². The van der Waals surface area contributed by atoms with Gasteiger partial charge in [-0.05, 0) is 50.7 Å². The first kappa shape index (κ1) is 18.1.